The van der Waals surface area contributed by atoms with E-state index in [2.05, 4.69) is 5.32 Å². The third-order valence-electron chi connectivity index (χ3n) is 10.2. The van der Waals surface area contributed by atoms with Crippen LogP contribution >= 0.6 is 0 Å². The standard InChI is InChI=1S/C30H37N3O8/c1-33(2)23-17-9-14-8-16-21(24(35)20(14)27(37)30(17,40)28(38)22(25(23)36)29(31)39)19(34)10-15(26(16)41-3)11-32-18-7-12-4-5-13(18)6-12/h10,12-14,17-18,23,32,34,36-37,40H,4-9,11H2,1-3H3,(H2,31,39)/t12?,13?,14-,17-,18-,23-,30-/m0/s1. The number of nitrogens with two attached hydrogens (primary N) is 1. The Morgan fingerprint density at radius 2 is 1.90 bits per heavy atom. The van der Waals surface area contributed by atoms with Crippen molar-refractivity contribution in [1.82, 2.24) is 10.2 Å². The Hall–Kier alpha value is -3.41. The molecule has 0 heterocycles. The number of likely N-dealkylation sites (N-methyl/N-ethyl adjacent to an activating group) is 1. The molecule has 220 valence electrons. The number of hydrogen-bond acceptors (Lipinski definition) is 10. The maximum atomic E-state index is 13.9. The molecule has 1 aromatic carbocycles. The minimum Gasteiger partial charge on any atom is -0.510 e. The quantitative estimate of drug-likeness (QED) is 0.275. The summed E-state index contributed by atoms with van der Waals surface area (Å²) in [6.45, 7) is 0.457. The van der Waals surface area contributed by atoms with Gasteiger partial charge in [-0.2, -0.15) is 0 Å². The fourth-order valence-corrected chi connectivity index (χ4v) is 8.48. The van der Waals surface area contributed by atoms with Crippen LogP contribution in [0, 0.1) is 23.7 Å². The number of fused-ring (bicyclic) bond motifs is 5. The highest BCUT2D eigenvalue weighted by Gasteiger charge is 2.63. The molecule has 7 N–H and O–H groups in total. The number of methoxy groups -OCH3 is 1. The molecule has 0 aromatic heterocycles. The molecule has 1 amide bonds. The van der Waals surface area contributed by atoms with E-state index >= 15 is 0 Å². The van der Waals surface area contributed by atoms with E-state index < -0.39 is 58.0 Å². The van der Waals surface area contributed by atoms with Crippen molar-refractivity contribution in [3.63, 3.8) is 0 Å². The molecule has 1 aromatic rings. The maximum absolute atomic E-state index is 13.9. The van der Waals surface area contributed by atoms with Crippen LogP contribution in [-0.4, -0.2) is 81.7 Å². The van der Waals surface area contributed by atoms with E-state index in [-0.39, 0.29) is 29.7 Å². The second-order valence-corrected chi connectivity index (χ2v) is 12.6. The predicted molar refractivity (Wildman–Crippen MR) is 146 cm³/mol. The van der Waals surface area contributed by atoms with E-state index in [1.165, 1.54) is 37.3 Å². The monoisotopic (exact) mass is 567 g/mol. The highest BCUT2D eigenvalue weighted by molar-refractivity contribution is 6.24. The molecular formula is C30H37N3O8. The van der Waals surface area contributed by atoms with Crippen molar-refractivity contribution in [2.75, 3.05) is 21.2 Å². The van der Waals surface area contributed by atoms with Gasteiger partial charge in [-0.1, -0.05) is 6.42 Å². The van der Waals surface area contributed by atoms with Crippen LogP contribution in [0.5, 0.6) is 11.5 Å². The zero-order chi connectivity index (χ0) is 29.5. The van der Waals surface area contributed by atoms with Gasteiger partial charge >= 0.3 is 0 Å². The summed E-state index contributed by atoms with van der Waals surface area (Å²) in [5.41, 5.74) is 2.88. The lowest BCUT2D eigenvalue weighted by molar-refractivity contribution is -0.148. The molecule has 2 saturated carbocycles. The number of rotatable bonds is 6. The van der Waals surface area contributed by atoms with E-state index in [0.29, 0.717) is 35.4 Å². The lowest BCUT2D eigenvalue weighted by atomic mass is 9.58. The van der Waals surface area contributed by atoms with Gasteiger partial charge in [0.05, 0.1) is 18.7 Å². The molecule has 2 fully saturated rings. The van der Waals surface area contributed by atoms with E-state index in [4.69, 9.17) is 10.5 Å². The van der Waals surface area contributed by atoms with Crippen molar-refractivity contribution in [3.8, 4) is 11.5 Å². The lowest BCUT2D eigenvalue weighted by Crippen LogP contribution is -2.63. The first-order valence-corrected chi connectivity index (χ1v) is 14.2. The first kappa shape index (κ1) is 27.7. The van der Waals surface area contributed by atoms with Gasteiger partial charge in [0.2, 0.25) is 5.78 Å². The third kappa shape index (κ3) is 3.85. The Labute approximate surface area is 237 Å². The molecule has 2 unspecified atom stereocenters. The number of nitrogens with one attached hydrogen (secondary N) is 1. The highest BCUT2D eigenvalue weighted by Crippen LogP contribution is 2.53. The number of ether oxygens (including phenoxy) is 1. The zero-order valence-electron chi connectivity index (χ0n) is 23.4. The molecule has 0 radical (unpaired) electrons. The SMILES string of the molecule is COc1c(CN[C@H]2CC3CCC2C3)cc(O)c2c1C[C@H]1C[C@H]3[C@H](N(C)C)C(O)=C(C(N)=O)C(=O)[C@@]3(O)C(O)=C1C2=O. The highest BCUT2D eigenvalue weighted by atomic mass is 16.5. The number of benzene rings is 1. The van der Waals surface area contributed by atoms with Crippen LogP contribution in [0.1, 0.15) is 53.6 Å². The van der Waals surface area contributed by atoms with E-state index in [1.54, 1.807) is 14.1 Å². The Bertz CT molecular complexity index is 1430. The van der Waals surface area contributed by atoms with Crippen LogP contribution in [-0.2, 0) is 22.6 Å². The Morgan fingerprint density at radius 3 is 2.49 bits per heavy atom. The number of phenols is 1. The predicted octanol–water partition coefficient (Wildman–Crippen LogP) is 1.41. The molecule has 11 nitrogen and oxygen atoms in total. The van der Waals surface area contributed by atoms with E-state index in [0.717, 1.165) is 12.3 Å². The van der Waals surface area contributed by atoms with Crippen molar-refractivity contribution in [3.05, 3.63) is 45.4 Å². The van der Waals surface area contributed by atoms with Gasteiger partial charge in [0.25, 0.3) is 5.91 Å². The molecule has 0 saturated heterocycles. The van der Waals surface area contributed by atoms with Crippen LogP contribution in [0.4, 0.5) is 0 Å². The molecular weight excluding hydrogens is 530 g/mol. The van der Waals surface area contributed by atoms with Gasteiger partial charge in [0.15, 0.2) is 11.4 Å². The van der Waals surface area contributed by atoms with Crippen molar-refractivity contribution < 1.29 is 39.5 Å². The number of ketones is 2. The van der Waals surface area contributed by atoms with Crippen LogP contribution in [0.2, 0.25) is 0 Å². The number of carbonyl (C=O) groups excluding carboxylic acids is 3. The van der Waals surface area contributed by atoms with Gasteiger partial charge in [-0.25, -0.2) is 0 Å². The Balaban J connectivity index is 1.41. The third-order valence-corrected chi connectivity index (χ3v) is 10.2. The van der Waals surface area contributed by atoms with Crippen molar-refractivity contribution in [2.24, 2.45) is 29.4 Å². The summed E-state index contributed by atoms with van der Waals surface area (Å²) >= 11 is 0. The van der Waals surface area contributed by atoms with Crippen molar-refractivity contribution >= 4 is 17.5 Å². The second kappa shape index (κ2) is 9.57. The first-order valence-electron chi connectivity index (χ1n) is 14.2. The van der Waals surface area contributed by atoms with Gasteiger partial charge in [0, 0.05) is 35.2 Å². The topological polar surface area (TPSA) is 183 Å². The first-order chi connectivity index (χ1) is 19.4. The largest absolute Gasteiger partial charge is 0.510 e. The minimum atomic E-state index is -2.66. The smallest absolute Gasteiger partial charge is 0.255 e. The number of phenolic OH excluding ortho intramolecular Hbond substituents is 1. The molecule has 41 heavy (non-hydrogen) atoms. The fourth-order valence-electron chi connectivity index (χ4n) is 8.48. The number of nitrogens with zero attached hydrogens (tertiary/aromatic N) is 1. The van der Waals surface area contributed by atoms with Crippen LogP contribution in [0.25, 0.3) is 0 Å². The number of aliphatic hydroxyl groups excluding tert-OH is 2. The fraction of sp³-hybridized carbons (Fsp3) is 0.567. The summed E-state index contributed by atoms with van der Waals surface area (Å²) in [5.74, 6) is -4.80. The van der Waals surface area contributed by atoms with Crippen molar-refractivity contribution in [1.29, 1.82) is 0 Å². The summed E-state index contributed by atoms with van der Waals surface area (Å²) in [6, 6.07) is 0.861. The zero-order valence-corrected chi connectivity index (χ0v) is 23.4. The summed E-state index contributed by atoms with van der Waals surface area (Å²) in [4.78, 5) is 41.0. The average Bonchev–Trinajstić information content (AvgIpc) is 3.53. The van der Waals surface area contributed by atoms with Crippen molar-refractivity contribution in [2.45, 2.75) is 62.8 Å². The maximum Gasteiger partial charge on any atom is 0.255 e. The van der Waals surface area contributed by atoms with Crippen LogP contribution < -0.4 is 15.8 Å². The normalized spacial score (nSPS) is 34.2. The number of Topliss-reactive ketones (excluding diaryl/α,β-unsaturated/α-hetero) is 2. The van der Waals surface area contributed by atoms with Crippen LogP contribution in [0.15, 0.2) is 28.7 Å². The number of allylic oxidation sites excluding steroid dienone is 1. The number of carbonyl (C=O) groups is 3. The number of aromatic hydroxyl groups is 1. The molecule has 0 spiro atoms. The molecule has 7 atom stereocenters. The molecule has 6 rings (SSSR count). The Morgan fingerprint density at radius 1 is 1.17 bits per heavy atom. The summed E-state index contributed by atoms with van der Waals surface area (Å²) in [6.07, 6.45) is 5.10. The second-order valence-electron chi connectivity index (χ2n) is 12.6. The lowest BCUT2D eigenvalue weighted by Gasteiger charge is -2.50. The average molecular weight is 568 g/mol. The molecule has 5 aliphatic rings. The number of aliphatic hydroxyl groups is 3. The Kier molecular flexibility index (Phi) is 6.48. The van der Waals surface area contributed by atoms with Gasteiger partial charge in [-0.3, -0.25) is 19.3 Å². The number of amides is 1. The van der Waals surface area contributed by atoms with Gasteiger partial charge in [-0.05, 0) is 70.0 Å². The summed E-state index contributed by atoms with van der Waals surface area (Å²) in [5, 5.41) is 48.8. The van der Waals surface area contributed by atoms with Gasteiger partial charge in [-0.15, -0.1) is 0 Å². The van der Waals surface area contributed by atoms with Gasteiger partial charge in [0.1, 0.15) is 28.6 Å². The van der Waals surface area contributed by atoms with E-state index in [9.17, 15) is 34.8 Å². The molecule has 2 bridgehead atoms. The summed E-state index contributed by atoms with van der Waals surface area (Å²) < 4.78 is 5.80. The summed E-state index contributed by atoms with van der Waals surface area (Å²) in [7, 11) is 4.71. The molecule has 11 heteroatoms. The van der Waals surface area contributed by atoms with Crippen LogP contribution in [0.3, 0.4) is 0 Å². The molecule has 5 aliphatic carbocycles. The van der Waals surface area contributed by atoms with Gasteiger partial charge < -0.3 is 36.2 Å². The number of primary amides is 1. The minimum absolute atomic E-state index is 0.0310. The van der Waals surface area contributed by atoms with E-state index in [1.807, 2.05) is 0 Å². The molecule has 0 aliphatic heterocycles. The number of hydrogen-bond donors (Lipinski definition) is 6.